The molecule has 11 nitrogen and oxygen atoms in total. The Hall–Kier alpha value is -4.24. The number of halogens is 7. The van der Waals surface area contributed by atoms with Crippen molar-refractivity contribution >= 4 is 63.9 Å². The third kappa shape index (κ3) is 7.25. The number of benzene rings is 2. The molecule has 0 radical (unpaired) electrons. The second-order valence-corrected chi connectivity index (χ2v) is 11.5. The average Bonchev–Trinajstić information content (AvgIpc) is 3.63. The highest BCUT2D eigenvalue weighted by molar-refractivity contribution is 6.42. The highest BCUT2D eigenvalue weighted by Gasteiger charge is 2.37. The molecule has 0 aliphatic heterocycles. The molecule has 46 heavy (non-hydrogen) atoms. The number of aryl methyl sites for hydroxylation is 1. The molecule has 0 aliphatic rings. The molecule has 5 aromatic rings. The lowest BCUT2D eigenvalue weighted by Crippen LogP contribution is -2.28. The van der Waals surface area contributed by atoms with Gasteiger partial charge in [0.25, 0.3) is 17.6 Å². The Kier molecular flexibility index (Phi) is 9.54. The molecule has 0 fully saturated rings. The molecule has 5 rings (SSSR count). The van der Waals surface area contributed by atoms with Crippen LogP contribution in [0.15, 0.2) is 54.7 Å². The standard InChI is InChI=1S/C28H20Cl4F3N9O2/c1-13-8-16(29)10-18(25(45)37-14(2)15-5-6-19(30)21(32)9-15)23(13)38-26(46)22-11-17(12-43-41-27(39-42-43)28(33,34)35)40-44(22)24-20(31)4-3-7-36-24/h3-11,14H,12H2,1-2H3,(H,37,45)(H,38,46). The lowest BCUT2D eigenvalue weighted by Gasteiger charge is -2.19. The van der Waals surface area contributed by atoms with Crippen LogP contribution in [0.2, 0.25) is 20.1 Å². The van der Waals surface area contributed by atoms with Crippen LogP contribution in [0, 0.1) is 6.92 Å². The summed E-state index contributed by atoms with van der Waals surface area (Å²) < 4.78 is 40.1. The molecule has 3 aromatic heterocycles. The molecule has 0 bridgehead atoms. The second kappa shape index (κ2) is 13.2. The highest BCUT2D eigenvalue weighted by atomic mass is 35.5. The summed E-state index contributed by atoms with van der Waals surface area (Å²) in [5.74, 6) is -2.68. The highest BCUT2D eigenvalue weighted by Crippen LogP contribution is 2.30. The van der Waals surface area contributed by atoms with E-state index in [1.54, 1.807) is 44.2 Å². The minimum Gasteiger partial charge on any atom is -0.345 e. The number of pyridine rings is 1. The first kappa shape index (κ1) is 33.1. The first-order valence-electron chi connectivity index (χ1n) is 13.1. The molecular formula is C28H20Cl4F3N9O2. The largest absolute Gasteiger partial charge is 0.455 e. The Balaban J connectivity index is 1.48. The van der Waals surface area contributed by atoms with Crippen molar-refractivity contribution in [2.45, 2.75) is 32.6 Å². The number of hydrogen-bond donors (Lipinski definition) is 2. The Morgan fingerprint density at radius 3 is 2.39 bits per heavy atom. The molecule has 0 aliphatic carbocycles. The summed E-state index contributed by atoms with van der Waals surface area (Å²) in [5, 5.41) is 20.7. The van der Waals surface area contributed by atoms with E-state index >= 15 is 0 Å². The van der Waals surface area contributed by atoms with Crippen LogP contribution in [0.25, 0.3) is 5.82 Å². The van der Waals surface area contributed by atoms with Crippen molar-refractivity contribution in [2.24, 2.45) is 0 Å². The lowest BCUT2D eigenvalue weighted by molar-refractivity contribution is -0.145. The molecule has 3 heterocycles. The normalized spacial score (nSPS) is 12.2. The number of carbonyl (C=O) groups is 2. The van der Waals surface area contributed by atoms with Gasteiger partial charge in [0.1, 0.15) is 12.2 Å². The van der Waals surface area contributed by atoms with E-state index in [0.717, 1.165) is 4.68 Å². The number of tetrazole rings is 1. The Morgan fingerprint density at radius 2 is 1.72 bits per heavy atom. The Morgan fingerprint density at radius 1 is 0.957 bits per heavy atom. The smallest absolute Gasteiger partial charge is 0.345 e. The van der Waals surface area contributed by atoms with Gasteiger partial charge < -0.3 is 10.6 Å². The van der Waals surface area contributed by atoms with Crippen molar-refractivity contribution < 1.29 is 22.8 Å². The minimum absolute atomic E-state index is 0.0545. The van der Waals surface area contributed by atoms with Crippen LogP contribution in [0.5, 0.6) is 0 Å². The summed E-state index contributed by atoms with van der Waals surface area (Å²) in [6.45, 7) is 3.01. The van der Waals surface area contributed by atoms with Crippen LogP contribution in [-0.2, 0) is 12.7 Å². The number of alkyl halides is 3. The fraction of sp³-hybridized carbons (Fsp3) is 0.179. The molecule has 1 unspecified atom stereocenters. The molecule has 2 aromatic carbocycles. The number of aromatic nitrogens is 7. The predicted molar refractivity (Wildman–Crippen MR) is 165 cm³/mol. The van der Waals surface area contributed by atoms with Gasteiger partial charge in [-0.05, 0) is 72.7 Å². The van der Waals surface area contributed by atoms with Crippen LogP contribution < -0.4 is 10.6 Å². The molecule has 2 amide bonds. The summed E-state index contributed by atoms with van der Waals surface area (Å²) in [6.07, 6.45) is -3.39. The average molecular weight is 713 g/mol. The SMILES string of the molecule is Cc1cc(Cl)cc(C(=O)NC(C)c2ccc(Cl)c(Cl)c2)c1NC(=O)c1cc(Cn2nnc(C(F)(F)F)n2)nn1-c1ncccc1Cl. The zero-order chi connectivity index (χ0) is 33.3. The molecule has 18 heteroatoms. The third-order valence-corrected chi connectivity index (χ3v) is 7.77. The summed E-state index contributed by atoms with van der Waals surface area (Å²) in [7, 11) is 0. The van der Waals surface area contributed by atoms with Crippen molar-refractivity contribution in [3.63, 3.8) is 0 Å². The van der Waals surface area contributed by atoms with E-state index in [2.05, 4.69) is 36.1 Å². The van der Waals surface area contributed by atoms with E-state index in [-0.39, 0.29) is 45.0 Å². The zero-order valence-electron chi connectivity index (χ0n) is 23.6. The van der Waals surface area contributed by atoms with Gasteiger partial charge >= 0.3 is 6.18 Å². The van der Waals surface area contributed by atoms with Gasteiger partial charge in [-0.2, -0.15) is 23.1 Å². The van der Waals surface area contributed by atoms with Gasteiger partial charge in [-0.25, -0.2) is 9.67 Å². The van der Waals surface area contributed by atoms with Gasteiger partial charge in [0.15, 0.2) is 5.82 Å². The lowest BCUT2D eigenvalue weighted by atomic mass is 10.0. The van der Waals surface area contributed by atoms with Crippen LogP contribution in [-0.4, -0.2) is 46.8 Å². The zero-order valence-corrected chi connectivity index (χ0v) is 26.6. The van der Waals surface area contributed by atoms with Crippen LogP contribution in [0.1, 0.15) is 56.5 Å². The summed E-state index contributed by atoms with van der Waals surface area (Å²) in [4.78, 5) is 32.2. The maximum atomic E-state index is 13.8. The molecule has 1 atom stereocenters. The summed E-state index contributed by atoms with van der Waals surface area (Å²) in [6, 6.07) is 11.8. The topological polar surface area (TPSA) is 133 Å². The van der Waals surface area contributed by atoms with Gasteiger partial charge in [-0.15, -0.1) is 10.2 Å². The van der Waals surface area contributed by atoms with Gasteiger partial charge in [0, 0.05) is 11.2 Å². The van der Waals surface area contributed by atoms with Gasteiger partial charge in [0.05, 0.1) is 38.1 Å². The van der Waals surface area contributed by atoms with Crippen molar-refractivity contribution in [3.05, 3.63) is 109 Å². The predicted octanol–water partition coefficient (Wildman–Crippen LogP) is 6.99. The van der Waals surface area contributed by atoms with E-state index in [1.165, 1.54) is 24.4 Å². The van der Waals surface area contributed by atoms with Crippen molar-refractivity contribution in [3.8, 4) is 5.82 Å². The number of nitrogens with zero attached hydrogens (tertiary/aromatic N) is 7. The minimum atomic E-state index is -4.80. The first-order chi connectivity index (χ1) is 21.7. The van der Waals surface area contributed by atoms with Crippen LogP contribution in [0.4, 0.5) is 18.9 Å². The second-order valence-electron chi connectivity index (χ2n) is 9.85. The van der Waals surface area contributed by atoms with Crippen molar-refractivity contribution in [1.82, 2.24) is 40.3 Å². The van der Waals surface area contributed by atoms with E-state index in [1.807, 2.05) is 0 Å². The van der Waals surface area contributed by atoms with Gasteiger partial charge in [-0.3, -0.25) is 9.59 Å². The molecule has 0 saturated heterocycles. The number of hydrogen-bond acceptors (Lipinski definition) is 7. The Labute approximate surface area is 278 Å². The molecule has 238 valence electrons. The van der Waals surface area contributed by atoms with Crippen molar-refractivity contribution in [1.29, 1.82) is 0 Å². The van der Waals surface area contributed by atoms with Crippen molar-refractivity contribution in [2.75, 3.05) is 5.32 Å². The first-order valence-corrected chi connectivity index (χ1v) is 14.6. The van der Waals surface area contributed by atoms with Gasteiger partial charge in [0.2, 0.25) is 0 Å². The number of nitrogens with one attached hydrogen (secondary N) is 2. The number of amides is 2. The van der Waals surface area contributed by atoms with Crippen LogP contribution in [0.3, 0.4) is 0 Å². The monoisotopic (exact) mass is 711 g/mol. The number of carbonyl (C=O) groups excluding carboxylic acids is 2. The fourth-order valence-corrected chi connectivity index (χ4v) is 5.12. The van der Waals surface area contributed by atoms with E-state index in [0.29, 0.717) is 26.0 Å². The van der Waals surface area contributed by atoms with E-state index in [9.17, 15) is 22.8 Å². The molecule has 0 saturated carbocycles. The number of rotatable bonds is 8. The molecular weight excluding hydrogens is 693 g/mol. The van der Waals surface area contributed by atoms with E-state index < -0.39 is 29.9 Å². The summed E-state index contributed by atoms with van der Waals surface area (Å²) in [5.41, 5.74) is 1.30. The summed E-state index contributed by atoms with van der Waals surface area (Å²) >= 11 is 24.8. The maximum absolute atomic E-state index is 13.8. The number of anilines is 1. The fourth-order valence-electron chi connectivity index (χ4n) is 4.34. The Bertz CT molecular complexity index is 1960. The van der Waals surface area contributed by atoms with Crippen LogP contribution >= 0.6 is 46.4 Å². The molecule has 2 N–H and O–H groups in total. The maximum Gasteiger partial charge on any atom is 0.455 e. The van der Waals surface area contributed by atoms with E-state index in [4.69, 9.17) is 46.4 Å². The van der Waals surface area contributed by atoms with Gasteiger partial charge in [-0.1, -0.05) is 52.5 Å². The third-order valence-electron chi connectivity index (χ3n) is 6.52. The quantitative estimate of drug-likeness (QED) is 0.177. The molecule has 0 spiro atoms.